The highest BCUT2D eigenvalue weighted by Gasteiger charge is 1.95. The van der Waals surface area contributed by atoms with Crippen LogP contribution in [0.2, 0.25) is 0 Å². The summed E-state index contributed by atoms with van der Waals surface area (Å²) in [6, 6.07) is 26.6. The van der Waals surface area contributed by atoms with Gasteiger partial charge in [0.05, 0.1) is 0 Å². The monoisotopic (exact) mass is 331 g/mol. The highest BCUT2D eigenvalue weighted by Crippen LogP contribution is 2.18. The van der Waals surface area contributed by atoms with E-state index in [1.54, 1.807) is 12.1 Å². The third-order valence-electron chi connectivity index (χ3n) is 3.50. The van der Waals surface area contributed by atoms with Gasteiger partial charge >= 0.3 is 0 Å². The van der Waals surface area contributed by atoms with Crippen LogP contribution in [0.1, 0.15) is 13.8 Å². The number of halogens is 1. The molecule has 1 aromatic heterocycles. The minimum atomic E-state index is -0.195. The van der Waals surface area contributed by atoms with Gasteiger partial charge in [0.15, 0.2) is 0 Å². The van der Waals surface area contributed by atoms with Gasteiger partial charge in [0.2, 0.25) is 0 Å². The van der Waals surface area contributed by atoms with E-state index in [1.165, 1.54) is 22.9 Å². The summed E-state index contributed by atoms with van der Waals surface area (Å²) in [5, 5.41) is 2.45. The zero-order valence-corrected chi connectivity index (χ0v) is 14.6. The Morgan fingerprint density at radius 3 is 1.80 bits per heavy atom. The second kappa shape index (κ2) is 9.99. The molecule has 25 heavy (non-hydrogen) atoms. The molecule has 0 atom stereocenters. The van der Waals surface area contributed by atoms with Crippen molar-refractivity contribution in [1.82, 2.24) is 4.98 Å². The lowest BCUT2D eigenvalue weighted by atomic mass is 10.1. The van der Waals surface area contributed by atoms with Crippen LogP contribution in [0.15, 0.2) is 97.3 Å². The standard InChI is InChI=1S/C12H9F.C9H7N.C2H6/c13-12-8-6-11(7-9-12)10-4-2-1-3-5-10;1-2-4-9-7-10-6-5-8(9)3-1;1-2/h1-9H;1-7H;1-2H3. The van der Waals surface area contributed by atoms with Crippen molar-refractivity contribution in [2.24, 2.45) is 0 Å². The summed E-state index contributed by atoms with van der Waals surface area (Å²) < 4.78 is 12.6. The van der Waals surface area contributed by atoms with Crippen molar-refractivity contribution in [2.75, 3.05) is 0 Å². The van der Waals surface area contributed by atoms with Crippen LogP contribution < -0.4 is 0 Å². The zero-order valence-electron chi connectivity index (χ0n) is 14.6. The van der Waals surface area contributed by atoms with E-state index < -0.39 is 0 Å². The summed E-state index contributed by atoms with van der Waals surface area (Å²) >= 11 is 0. The van der Waals surface area contributed by atoms with Crippen LogP contribution in [-0.4, -0.2) is 4.98 Å². The topological polar surface area (TPSA) is 12.9 Å². The first-order valence-electron chi connectivity index (χ1n) is 8.43. The molecular formula is C23H22FN. The number of fused-ring (bicyclic) bond motifs is 1. The number of hydrogen-bond donors (Lipinski definition) is 0. The van der Waals surface area contributed by atoms with E-state index in [-0.39, 0.29) is 5.82 Å². The summed E-state index contributed by atoms with van der Waals surface area (Å²) in [5.41, 5.74) is 2.16. The molecule has 126 valence electrons. The van der Waals surface area contributed by atoms with E-state index >= 15 is 0 Å². The SMILES string of the molecule is CC.Fc1ccc(-c2ccccc2)cc1.c1ccc2cnccc2c1. The second-order valence-corrected chi connectivity index (χ2v) is 5.10. The lowest BCUT2D eigenvalue weighted by molar-refractivity contribution is 0.628. The molecule has 0 aliphatic heterocycles. The van der Waals surface area contributed by atoms with Gasteiger partial charge < -0.3 is 0 Å². The molecule has 0 aliphatic carbocycles. The molecule has 0 bridgehead atoms. The van der Waals surface area contributed by atoms with Gasteiger partial charge in [-0.2, -0.15) is 0 Å². The predicted octanol–water partition coefficient (Wildman–Crippen LogP) is 6.75. The second-order valence-electron chi connectivity index (χ2n) is 5.10. The van der Waals surface area contributed by atoms with Gasteiger partial charge in [-0.25, -0.2) is 4.39 Å². The van der Waals surface area contributed by atoms with Crippen LogP contribution in [0.5, 0.6) is 0 Å². The molecule has 0 saturated heterocycles. The summed E-state index contributed by atoms with van der Waals surface area (Å²) in [5.74, 6) is -0.195. The number of benzene rings is 3. The Morgan fingerprint density at radius 2 is 1.16 bits per heavy atom. The van der Waals surface area contributed by atoms with E-state index in [2.05, 4.69) is 17.1 Å². The molecule has 0 saturated carbocycles. The normalized spacial score (nSPS) is 9.40. The van der Waals surface area contributed by atoms with Crippen LogP contribution in [0, 0.1) is 5.82 Å². The Balaban J connectivity index is 0.000000168. The van der Waals surface area contributed by atoms with Crippen molar-refractivity contribution in [3.63, 3.8) is 0 Å². The highest BCUT2D eigenvalue weighted by atomic mass is 19.1. The fourth-order valence-electron chi connectivity index (χ4n) is 2.30. The predicted molar refractivity (Wildman–Crippen MR) is 105 cm³/mol. The Labute approximate surface area is 148 Å². The summed E-state index contributed by atoms with van der Waals surface area (Å²) in [4.78, 5) is 4.01. The molecule has 0 aliphatic rings. The first-order chi connectivity index (χ1) is 12.3. The van der Waals surface area contributed by atoms with Crippen LogP contribution in [0.4, 0.5) is 4.39 Å². The first-order valence-corrected chi connectivity index (χ1v) is 8.43. The quantitative estimate of drug-likeness (QED) is 0.376. The Morgan fingerprint density at radius 1 is 0.600 bits per heavy atom. The average molecular weight is 331 g/mol. The maximum atomic E-state index is 12.6. The fourth-order valence-corrected chi connectivity index (χ4v) is 2.30. The van der Waals surface area contributed by atoms with Crippen molar-refractivity contribution < 1.29 is 4.39 Å². The van der Waals surface area contributed by atoms with Gasteiger partial charge in [-0.1, -0.05) is 80.6 Å². The maximum Gasteiger partial charge on any atom is 0.123 e. The number of aromatic nitrogens is 1. The number of rotatable bonds is 1. The molecule has 4 rings (SSSR count). The van der Waals surface area contributed by atoms with E-state index in [0.717, 1.165) is 11.1 Å². The third kappa shape index (κ3) is 5.54. The lowest BCUT2D eigenvalue weighted by Gasteiger charge is -1.99. The molecule has 4 aromatic rings. The Hall–Kier alpha value is -3.00. The van der Waals surface area contributed by atoms with Crippen LogP contribution in [0.25, 0.3) is 21.9 Å². The van der Waals surface area contributed by atoms with Crippen molar-refractivity contribution >= 4 is 10.8 Å². The van der Waals surface area contributed by atoms with Crippen molar-refractivity contribution in [3.05, 3.63) is 103 Å². The lowest BCUT2D eigenvalue weighted by Crippen LogP contribution is -1.77. The molecule has 0 amide bonds. The van der Waals surface area contributed by atoms with Crippen molar-refractivity contribution in [1.29, 1.82) is 0 Å². The molecule has 0 radical (unpaired) electrons. The average Bonchev–Trinajstić information content (AvgIpc) is 2.71. The Kier molecular flexibility index (Phi) is 7.33. The van der Waals surface area contributed by atoms with Gasteiger partial charge in [-0.15, -0.1) is 0 Å². The highest BCUT2D eigenvalue weighted by molar-refractivity contribution is 5.80. The smallest absolute Gasteiger partial charge is 0.123 e. The zero-order chi connectivity index (χ0) is 17.9. The molecule has 0 spiro atoms. The van der Waals surface area contributed by atoms with E-state index in [4.69, 9.17) is 0 Å². The molecule has 3 aromatic carbocycles. The van der Waals surface area contributed by atoms with Gasteiger partial charge in [-0.05, 0) is 40.1 Å². The minimum Gasteiger partial charge on any atom is -0.264 e. The minimum absolute atomic E-state index is 0.195. The largest absolute Gasteiger partial charge is 0.264 e. The first kappa shape index (κ1) is 18.3. The van der Waals surface area contributed by atoms with Crippen LogP contribution in [0.3, 0.4) is 0 Å². The van der Waals surface area contributed by atoms with Crippen molar-refractivity contribution in [3.8, 4) is 11.1 Å². The molecule has 0 fully saturated rings. The van der Waals surface area contributed by atoms with Crippen LogP contribution >= 0.6 is 0 Å². The summed E-state index contributed by atoms with van der Waals surface area (Å²) in [7, 11) is 0. The van der Waals surface area contributed by atoms with Gasteiger partial charge in [0.25, 0.3) is 0 Å². The molecular weight excluding hydrogens is 309 g/mol. The molecule has 1 heterocycles. The van der Waals surface area contributed by atoms with Crippen LogP contribution in [-0.2, 0) is 0 Å². The van der Waals surface area contributed by atoms with Gasteiger partial charge in [0.1, 0.15) is 5.82 Å². The fraction of sp³-hybridized carbons (Fsp3) is 0.0870. The third-order valence-corrected chi connectivity index (χ3v) is 3.50. The molecule has 2 heteroatoms. The summed E-state index contributed by atoms with van der Waals surface area (Å²) in [6.07, 6.45) is 3.68. The van der Waals surface area contributed by atoms with E-state index in [9.17, 15) is 4.39 Å². The summed E-state index contributed by atoms with van der Waals surface area (Å²) in [6.45, 7) is 4.00. The van der Waals surface area contributed by atoms with E-state index in [1.807, 2.05) is 74.8 Å². The van der Waals surface area contributed by atoms with Crippen molar-refractivity contribution in [2.45, 2.75) is 13.8 Å². The van der Waals surface area contributed by atoms with Gasteiger partial charge in [-0.3, -0.25) is 4.98 Å². The number of nitrogens with zero attached hydrogens (tertiary/aromatic N) is 1. The van der Waals surface area contributed by atoms with Gasteiger partial charge in [0, 0.05) is 12.4 Å². The number of hydrogen-bond acceptors (Lipinski definition) is 1. The Bertz CT molecular complexity index is 805. The molecule has 1 nitrogen and oxygen atoms in total. The molecule has 0 unspecified atom stereocenters. The number of pyridine rings is 1. The maximum absolute atomic E-state index is 12.6. The van der Waals surface area contributed by atoms with E-state index in [0.29, 0.717) is 0 Å². The molecule has 0 N–H and O–H groups in total.